The predicted octanol–water partition coefficient (Wildman–Crippen LogP) is 4.26. The SMILES string of the molecule is O=C(Nc1sc2c(c1C(=O)O)CCN(c1ccccc1)C2)c1ccccc1. The van der Waals surface area contributed by atoms with Crippen LogP contribution in [0.25, 0.3) is 0 Å². The fourth-order valence-corrected chi connectivity index (χ4v) is 4.59. The van der Waals surface area contributed by atoms with Crippen molar-refractivity contribution in [2.75, 3.05) is 16.8 Å². The fraction of sp³-hybridized carbons (Fsp3) is 0.143. The second-order valence-electron chi connectivity index (χ2n) is 6.34. The van der Waals surface area contributed by atoms with Crippen LogP contribution in [0.4, 0.5) is 10.7 Å². The van der Waals surface area contributed by atoms with E-state index in [9.17, 15) is 14.7 Å². The second-order valence-corrected chi connectivity index (χ2v) is 7.45. The molecule has 1 amide bonds. The maximum atomic E-state index is 12.5. The molecule has 136 valence electrons. The molecule has 2 aromatic carbocycles. The first kappa shape index (κ1) is 17.3. The highest BCUT2D eigenvalue weighted by Gasteiger charge is 2.28. The van der Waals surface area contributed by atoms with Crippen molar-refractivity contribution in [1.82, 2.24) is 0 Å². The summed E-state index contributed by atoms with van der Waals surface area (Å²) in [4.78, 5) is 27.6. The Morgan fingerprint density at radius 3 is 2.33 bits per heavy atom. The molecule has 0 saturated carbocycles. The smallest absolute Gasteiger partial charge is 0.339 e. The molecule has 0 radical (unpaired) electrons. The maximum Gasteiger partial charge on any atom is 0.339 e. The molecule has 0 spiro atoms. The van der Waals surface area contributed by atoms with E-state index in [4.69, 9.17) is 0 Å². The molecule has 3 aromatic rings. The van der Waals surface area contributed by atoms with E-state index in [-0.39, 0.29) is 11.5 Å². The summed E-state index contributed by atoms with van der Waals surface area (Å²) in [7, 11) is 0. The van der Waals surface area contributed by atoms with Crippen LogP contribution in [0.3, 0.4) is 0 Å². The van der Waals surface area contributed by atoms with Crippen molar-refractivity contribution in [3.63, 3.8) is 0 Å². The van der Waals surface area contributed by atoms with Crippen LogP contribution in [0.5, 0.6) is 0 Å². The third kappa shape index (κ3) is 3.44. The van der Waals surface area contributed by atoms with Crippen molar-refractivity contribution in [2.24, 2.45) is 0 Å². The van der Waals surface area contributed by atoms with Gasteiger partial charge in [0.2, 0.25) is 0 Å². The van der Waals surface area contributed by atoms with E-state index < -0.39 is 5.97 Å². The number of amides is 1. The zero-order valence-corrected chi connectivity index (χ0v) is 15.3. The van der Waals surface area contributed by atoms with Crippen LogP contribution < -0.4 is 10.2 Å². The van der Waals surface area contributed by atoms with Gasteiger partial charge in [0.05, 0.1) is 12.1 Å². The van der Waals surface area contributed by atoms with Crippen LogP contribution in [0.2, 0.25) is 0 Å². The average molecular weight is 378 g/mol. The van der Waals surface area contributed by atoms with Crippen molar-refractivity contribution in [3.8, 4) is 0 Å². The molecule has 2 N–H and O–H groups in total. The number of nitrogens with one attached hydrogen (secondary N) is 1. The van der Waals surface area contributed by atoms with Gasteiger partial charge in [-0.3, -0.25) is 4.79 Å². The number of nitrogens with zero attached hydrogens (tertiary/aromatic N) is 1. The van der Waals surface area contributed by atoms with Crippen LogP contribution in [-0.4, -0.2) is 23.5 Å². The Morgan fingerprint density at radius 1 is 1.00 bits per heavy atom. The van der Waals surface area contributed by atoms with Gasteiger partial charge in [-0.1, -0.05) is 36.4 Å². The first-order valence-corrected chi connectivity index (χ1v) is 9.49. The Balaban J connectivity index is 1.64. The van der Waals surface area contributed by atoms with E-state index in [1.807, 2.05) is 24.3 Å². The van der Waals surface area contributed by atoms with E-state index in [1.165, 1.54) is 11.3 Å². The van der Waals surface area contributed by atoms with Gasteiger partial charge in [-0.25, -0.2) is 4.79 Å². The second kappa shape index (κ2) is 7.25. The Labute approximate surface area is 160 Å². The van der Waals surface area contributed by atoms with Gasteiger partial charge in [0.15, 0.2) is 0 Å². The third-order valence-electron chi connectivity index (χ3n) is 4.66. The number of carboxylic acids is 1. The molecule has 1 aromatic heterocycles. The zero-order chi connectivity index (χ0) is 18.8. The number of carbonyl (C=O) groups is 2. The number of hydrogen-bond donors (Lipinski definition) is 2. The molecule has 4 rings (SSSR count). The number of fused-ring (bicyclic) bond motifs is 1. The summed E-state index contributed by atoms with van der Waals surface area (Å²) in [5, 5.41) is 12.9. The highest BCUT2D eigenvalue weighted by Crippen LogP contribution is 2.38. The molecule has 0 unspecified atom stereocenters. The first-order chi connectivity index (χ1) is 13.1. The third-order valence-corrected chi connectivity index (χ3v) is 5.79. The van der Waals surface area contributed by atoms with E-state index in [0.717, 1.165) is 22.7 Å². The molecule has 0 atom stereocenters. The van der Waals surface area contributed by atoms with E-state index in [0.29, 0.717) is 23.5 Å². The highest BCUT2D eigenvalue weighted by atomic mass is 32.1. The molecule has 0 fully saturated rings. The minimum absolute atomic E-state index is 0.229. The average Bonchev–Trinajstić information content (AvgIpc) is 3.06. The lowest BCUT2D eigenvalue weighted by Crippen LogP contribution is -2.30. The summed E-state index contributed by atoms with van der Waals surface area (Å²) in [5.74, 6) is -1.29. The van der Waals surface area contributed by atoms with Gasteiger partial charge >= 0.3 is 5.97 Å². The largest absolute Gasteiger partial charge is 0.478 e. The summed E-state index contributed by atoms with van der Waals surface area (Å²) in [6, 6.07) is 18.9. The lowest BCUT2D eigenvalue weighted by Gasteiger charge is -2.29. The van der Waals surface area contributed by atoms with Gasteiger partial charge in [-0.05, 0) is 36.2 Å². The van der Waals surface area contributed by atoms with Gasteiger partial charge in [0, 0.05) is 22.7 Å². The topological polar surface area (TPSA) is 69.6 Å². The first-order valence-electron chi connectivity index (χ1n) is 8.67. The van der Waals surface area contributed by atoms with Gasteiger partial charge in [-0.2, -0.15) is 0 Å². The molecular weight excluding hydrogens is 360 g/mol. The number of para-hydroxylation sites is 1. The van der Waals surface area contributed by atoms with Gasteiger partial charge < -0.3 is 15.3 Å². The lowest BCUT2D eigenvalue weighted by molar-refractivity contribution is 0.0697. The van der Waals surface area contributed by atoms with E-state index in [1.54, 1.807) is 24.3 Å². The predicted molar refractivity (Wildman–Crippen MR) is 107 cm³/mol. The Kier molecular flexibility index (Phi) is 4.64. The van der Waals surface area contributed by atoms with Crippen molar-refractivity contribution in [3.05, 3.63) is 82.2 Å². The number of anilines is 2. The molecule has 1 aliphatic rings. The molecule has 0 saturated heterocycles. The molecule has 5 nitrogen and oxygen atoms in total. The number of rotatable bonds is 4. The van der Waals surface area contributed by atoms with Crippen LogP contribution in [0, 0.1) is 0 Å². The number of thiophene rings is 1. The van der Waals surface area contributed by atoms with E-state index in [2.05, 4.69) is 22.3 Å². The van der Waals surface area contributed by atoms with Gasteiger partial charge in [0.25, 0.3) is 5.91 Å². The number of carbonyl (C=O) groups excluding carboxylic acids is 1. The van der Waals surface area contributed by atoms with Gasteiger partial charge in [-0.15, -0.1) is 11.3 Å². The summed E-state index contributed by atoms with van der Waals surface area (Å²) >= 11 is 1.36. The van der Waals surface area contributed by atoms with Crippen molar-refractivity contribution in [1.29, 1.82) is 0 Å². The van der Waals surface area contributed by atoms with Crippen LogP contribution in [0.1, 0.15) is 31.2 Å². The normalized spacial score (nSPS) is 13.1. The van der Waals surface area contributed by atoms with Gasteiger partial charge in [0.1, 0.15) is 5.00 Å². The number of benzene rings is 2. The van der Waals surface area contributed by atoms with Crippen LogP contribution in [-0.2, 0) is 13.0 Å². The fourth-order valence-electron chi connectivity index (χ4n) is 3.34. The Bertz CT molecular complexity index is 983. The Hall–Kier alpha value is -3.12. The summed E-state index contributed by atoms with van der Waals surface area (Å²) in [5.41, 5.74) is 2.68. The van der Waals surface area contributed by atoms with Crippen molar-refractivity contribution in [2.45, 2.75) is 13.0 Å². The number of aromatic carboxylic acids is 1. The summed E-state index contributed by atoms with van der Waals surface area (Å²) in [6.45, 7) is 1.39. The molecule has 2 heterocycles. The van der Waals surface area contributed by atoms with Crippen LogP contribution >= 0.6 is 11.3 Å². The van der Waals surface area contributed by atoms with Crippen molar-refractivity contribution < 1.29 is 14.7 Å². The molecule has 6 heteroatoms. The molecule has 1 aliphatic heterocycles. The zero-order valence-electron chi connectivity index (χ0n) is 14.5. The quantitative estimate of drug-likeness (QED) is 0.712. The molecule has 0 aliphatic carbocycles. The van der Waals surface area contributed by atoms with E-state index >= 15 is 0 Å². The summed E-state index contributed by atoms with van der Waals surface area (Å²) < 4.78 is 0. The monoisotopic (exact) mass is 378 g/mol. The molecular formula is C21H18N2O3S. The molecule has 0 bridgehead atoms. The maximum absolute atomic E-state index is 12.5. The van der Waals surface area contributed by atoms with Crippen molar-refractivity contribution >= 4 is 33.9 Å². The number of hydrogen-bond acceptors (Lipinski definition) is 4. The number of carboxylic acid groups (broad SMARTS) is 1. The standard InChI is InChI=1S/C21H18N2O3S/c24-19(14-7-3-1-4-8-14)22-20-18(21(25)26)16-11-12-23(13-17(16)27-20)15-9-5-2-6-10-15/h1-10H,11-13H2,(H,22,24)(H,25,26). The lowest BCUT2D eigenvalue weighted by atomic mass is 10.0. The summed E-state index contributed by atoms with van der Waals surface area (Å²) in [6.07, 6.45) is 0.642. The minimum atomic E-state index is -0.996. The van der Waals surface area contributed by atoms with Crippen LogP contribution in [0.15, 0.2) is 60.7 Å². The Morgan fingerprint density at radius 2 is 1.67 bits per heavy atom. The molecule has 27 heavy (non-hydrogen) atoms. The minimum Gasteiger partial charge on any atom is -0.478 e. The highest BCUT2D eigenvalue weighted by molar-refractivity contribution is 7.17.